The van der Waals surface area contributed by atoms with E-state index in [0.29, 0.717) is 0 Å². The highest BCUT2D eigenvalue weighted by atomic mass is 79.9. The lowest BCUT2D eigenvalue weighted by Gasteiger charge is -2.39. The zero-order valence-corrected chi connectivity index (χ0v) is 17.3. The van der Waals surface area contributed by atoms with E-state index in [4.69, 9.17) is 0 Å². The first-order valence-corrected chi connectivity index (χ1v) is 10.4. The summed E-state index contributed by atoms with van der Waals surface area (Å²) in [5, 5.41) is 4.23. The maximum absolute atomic E-state index is 15.2. The molecular formula is C24H20BrFP. The molecule has 0 bridgehead atoms. The number of hydrogen-bond acceptors (Lipinski definition) is 0. The smallest absolute Gasteiger partial charge is 0.131 e. The Hall–Kier alpha value is -2.28. The molecule has 135 valence electrons. The van der Waals surface area contributed by atoms with Gasteiger partial charge in [-0.2, -0.15) is 0 Å². The van der Waals surface area contributed by atoms with E-state index in [2.05, 4.69) is 36.4 Å². The summed E-state index contributed by atoms with van der Waals surface area (Å²) in [4.78, 5) is 0. The lowest BCUT2D eigenvalue weighted by molar-refractivity contribution is 0.636. The van der Waals surface area contributed by atoms with Gasteiger partial charge >= 0.3 is 0 Å². The minimum absolute atomic E-state index is 0. The normalized spacial score (nSPS) is 10.9. The quantitative estimate of drug-likeness (QED) is 0.393. The van der Waals surface area contributed by atoms with E-state index in [-0.39, 0.29) is 22.8 Å². The average molecular weight is 438 g/mol. The molecule has 0 amide bonds. The Morgan fingerprint density at radius 3 is 1.15 bits per heavy atom. The highest BCUT2D eigenvalue weighted by Crippen LogP contribution is 2.54. The van der Waals surface area contributed by atoms with Crippen LogP contribution in [0.4, 0.5) is 4.39 Å². The largest absolute Gasteiger partial charge is 0.206 e. The summed E-state index contributed by atoms with van der Waals surface area (Å²) in [7, 11) is -2.32. The molecule has 3 heteroatoms. The molecule has 0 unspecified atom stereocenters. The monoisotopic (exact) mass is 437 g/mol. The Kier molecular flexibility index (Phi) is 6.21. The van der Waals surface area contributed by atoms with Crippen molar-refractivity contribution in [3.05, 3.63) is 121 Å². The molecule has 4 aromatic rings. The van der Waals surface area contributed by atoms with Crippen LogP contribution in [0.15, 0.2) is 115 Å². The van der Waals surface area contributed by atoms with Gasteiger partial charge in [0.05, 0.1) is 0 Å². The van der Waals surface area contributed by atoms with Crippen molar-refractivity contribution in [1.29, 1.82) is 0 Å². The van der Waals surface area contributed by atoms with Gasteiger partial charge in [0, 0.05) is 5.30 Å². The Balaban J connectivity index is 0.00000210. The number of rotatable bonds is 4. The molecule has 0 aliphatic rings. The van der Waals surface area contributed by atoms with Crippen LogP contribution in [0.1, 0.15) is 0 Å². The number of benzene rings is 4. The van der Waals surface area contributed by atoms with Crippen LogP contribution in [0.5, 0.6) is 0 Å². The van der Waals surface area contributed by atoms with Crippen LogP contribution in [0.2, 0.25) is 0 Å². The molecule has 0 aliphatic carbocycles. The van der Waals surface area contributed by atoms with E-state index in [1.807, 2.05) is 66.7 Å². The molecule has 0 saturated carbocycles. The van der Waals surface area contributed by atoms with Crippen molar-refractivity contribution < 1.29 is 4.39 Å². The van der Waals surface area contributed by atoms with E-state index in [1.54, 1.807) is 12.1 Å². The van der Waals surface area contributed by atoms with Gasteiger partial charge < -0.3 is 0 Å². The molecule has 0 aromatic heterocycles. The van der Waals surface area contributed by atoms with Crippen molar-refractivity contribution in [3.63, 3.8) is 0 Å². The van der Waals surface area contributed by atoms with Crippen molar-refractivity contribution in [2.75, 3.05) is 0 Å². The van der Waals surface area contributed by atoms with Crippen molar-refractivity contribution in [3.8, 4) is 0 Å². The molecule has 0 nitrogen and oxygen atoms in total. The second kappa shape index (κ2) is 8.61. The predicted octanol–water partition coefficient (Wildman–Crippen LogP) is 5.02. The molecule has 27 heavy (non-hydrogen) atoms. The Morgan fingerprint density at radius 1 is 0.444 bits per heavy atom. The summed E-state index contributed by atoms with van der Waals surface area (Å²) in [5.41, 5.74) is 0. The standard InChI is InChI=1S/C24H19FP.BrH/c25-23-18-10-11-19-24(23)26(20-12-4-1-5-13-20,21-14-6-2-7-15-21)22-16-8-3-9-17-22;/h1-19H;1H. The molecular weight excluding hydrogens is 418 g/mol. The van der Waals surface area contributed by atoms with Crippen LogP contribution in [-0.4, -0.2) is 0 Å². The van der Waals surface area contributed by atoms with Gasteiger partial charge in [-0.15, -0.1) is 17.0 Å². The second-order valence-corrected chi connectivity index (χ2v) is 9.50. The van der Waals surface area contributed by atoms with Gasteiger partial charge in [0.1, 0.15) is 5.82 Å². The molecule has 0 saturated heterocycles. The van der Waals surface area contributed by atoms with E-state index in [1.165, 1.54) is 0 Å². The maximum atomic E-state index is 15.2. The first kappa shape index (κ1) is 19.5. The van der Waals surface area contributed by atoms with Crippen LogP contribution in [-0.2, 0) is 0 Å². The van der Waals surface area contributed by atoms with Crippen LogP contribution in [0, 0.1) is 5.82 Å². The molecule has 0 aliphatic heterocycles. The molecule has 4 rings (SSSR count). The molecule has 1 radical (unpaired) electrons. The molecule has 0 spiro atoms. The molecule has 4 aromatic carbocycles. The van der Waals surface area contributed by atoms with E-state index >= 15 is 4.39 Å². The third kappa shape index (κ3) is 3.48. The van der Waals surface area contributed by atoms with Crippen molar-refractivity contribution in [1.82, 2.24) is 0 Å². The van der Waals surface area contributed by atoms with E-state index in [9.17, 15) is 0 Å². The Morgan fingerprint density at radius 2 is 0.778 bits per heavy atom. The number of hydrogen-bond donors (Lipinski definition) is 0. The topological polar surface area (TPSA) is 0 Å². The fraction of sp³-hybridized carbons (Fsp3) is 0. The van der Waals surface area contributed by atoms with Gasteiger partial charge in [-0.3, -0.25) is 0 Å². The van der Waals surface area contributed by atoms with Crippen LogP contribution >= 0.6 is 24.2 Å². The summed E-state index contributed by atoms with van der Waals surface area (Å²) in [6.45, 7) is 0. The molecule has 0 heterocycles. The summed E-state index contributed by atoms with van der Waals surface area (Å²) >= 11 is 0. The number of halogens is 2. The first-order valence-electron chi connectivity index (χ1n) is 8.64. The lowest BCUT2D eigenvalue weighted by Crippen LogP contribution is -2.39. The fourth-order valence-electron chi connectivity index (χ4n) is 3.54. The third-order valence-electron chi connectivity index (χ3n) is 4.64. The van der Waals surface area contributed by atoms with Crippen LogP contribution in [0.25, 0.3) is 0 Å². The second-order valence-electron chi connectivity index (χ2n) is 6.13. The minimum atomic E-state index is -2.32. The first-order chi connectivity index (χ1) is 12.8. The summed E-state index contributed by atoms with van der Waals surface area (Å²) in [6, 6.07) is 38.2. The maximum Gasteiger partial charge on any atom is 0.131 e. The minimum Gasteiger partial charge on any atom is -0.206 e. The Bertz CT molecular complexity index is 892. The molecule has 0 atom stereocenters. The van der Waals surface area contributed by atoms with E-state index in [0.717, 1.165) is 21.2 Å². The van der Waals surface area contributed by atoms with Crippen molar-refractivity contribution in [2.24, 2.45) is 0 Å². The summed E-state index contributed by atoms with van der Waals surface area (Å²) < 4.78 is 15.2. The molecule has 0 fully saturated rings. The van der Waals surface area contributed by atoms with Crippen molar-refractivity contribution in [2.45, 2.75) is 0 Å². The summed E-state index contributed by atoms with van der Waals surface area (Å²) in [5.74, 6) is -0.155. The highest BCUT2D eigenvalue weighted by molar-refractivity contribution is 8.93. The van der Waals surface area contributed by atoms with Crippen LogP contribution in [0.3, 0.4) is 0 Å². The average Bonchev–Trinajstić information content (AvgIpc) is 2.72. The van der Waals surface area contributed by atoms with Crippen molar-refractivity contribution >= 4 is 45.5 Å². The highest BCUT2D eigenvalue weighted by Gasteiger charge is 2.37. The fourth-order valence-corrected chi connectivity index (χ4v) is 7.83. The Labute approximate surface area is 170 Å². The van der Waals surface area contributed by atoms with Gasteiger partial charge in [-0.25, -0.2) is 4.39 Å². The zero-order valence-electron chi connectivity index (χ0n) is 14.7. The van der Waals surface area contributed by atoms with Gasteiger partial charge in [0.25, 0.3) is 0 Å². The van der Waals surface area contributed by atoms with Gasteiger partial charge in [0.2, 0.25) is 0 Å². The van der Waals surface area contributed by atoms with E-state index < -0.39 is 7.26 Å². The van der Waals surface area contributed by atoms with Gasteiger partial charge in [-0.05, 0) is 29.2 Å². The van der Waals surface area contributed by atoms with Gasteiger partial charge in [0.15, 0.2) is 0 Å². The lowest BCUT2D eigenvalue weighted by atomic mass is 10.3. The zero-order chi connectivity index (χ0) is 17.8. The third-order valence-corrected chi connectivity index (χ3v) is 8.95. The van der Waals surface area contributed by atoms with Crippen LogP contribution < -0.4 is 21.2 Å². The van der Waals surface area contributed by atoms with Gasteiger partial charge in [-0.1, -0.05) is 109 Å². The SMILES string of the molecule is Br.Fc1ccccc1[P](c1ccccc1)(c1ccccc1)c1ccccc1. The predicted molar refractivity (Wildman–Crippen MR) is 122 cm³/mol. The molecule has 0 N–H and O–H groups in total. The summed E-state index contributed by atoms with van der Waals surface area (Å²) in [6.07, 6.45) is 0.